The normalized spacial score (nSPS) is 13.0. The van der Waals surface area contributed by atoms with Crippen LogP contribution in [-0.2, 0) is 9.09 Å². The highest BCUT2D eigenvalue weighted by Crippen LogP contribution is 2.32. The molecule has 0 rings (SSSR count). The van der Waals surface area contributed by atoms with Crippen LogP contribution in [0.25, 0.3) is 0 Å². The largest absolute Gasteiger partial charge is 0.697 e. The van der Waals surface area contributed by atoms with Crippen molar-refractivity contribution in [3.05, 3.63) is 0 Å². The number of rotatable bonds is 8. The Morgan fingerprint density at radius 2 is 1.64 bits per heavy atom. The van der Waals surface area contributed by atoms with Gasteiger partial charge in [-0.1, -0.05) is 31.2 Å². The van der Waals surface area contributed by atoms with Gasteiger partial charge in [0.15, 0.2) is 0 Å². The number of hydrogen-bond acceptors (Lipinski definition) is 3. The quantitative estimate of drug-likeness (QED) is 0.490. The summed E-state index contributed by atoms with van der Waals surface area (Å²) in [5.74, 6) is -1.41. The molecule has 0 fully saturated rings. The van der Waals surface area contributed by atoms with E-state index in [2.05, 4.69) is 4.52 Å². The Labute approximate surface area is 86.2 Å². The fourth-order valence-electron chi connectivity index (χ4n) is 1.27. The summed E-state index contributed by atoms with van der Waals surface area (Å²) in [6, 6.07) is 0. The SMILES string of the molecule is CCCCC(O)(CCCC)O[P+](=O)O. The topological polar surface area (TPSA) is 66.8 Å². The van der Waals surface area contributed by atoms with Crippen LogP contribution in [0, 0.1) is 0 Å². The maximum atomic E-state index is 10.5. The average Bonchev–Trinajstić information content (AvgIpc) is 2.11. The Balaban J connectivity index is 4.09. The van der Waals surface area contributed by atoms with Gasteiger partial charge in [-0.05, 0) is 12.8 Å². The average molecular weight is 223 g/mol. The molecular formula is C9H20O4P+. The molecular weight excluding hydrogens is 203 g/mol. The van der Waals surface area contributed by atoms with Gasteiger partial charge in [0.25, 0.3) is 0 Å². The lowest BCUT2D eigenvalue weighted by Gasteiger charge is -2.20. The second-order valence-electron chi connectivity index (χ2n) is 3.48. The van der Waals surface area contributed by atoms with Crippen molar-refractivity contribution >= 4 is 8.25 Å². The zero-order valence-corrected chi connectivity index (χ0v) is 9.80. The molecule has 0 aliphatic rings. The Morgan fingerprint density at radius 1 is 1.21 bits per heavy atom. The molecule has 0 bridgehead atoms. The van der Waals surface area contributed by atoms with Crippen molar-refractivity contribution in [1.29, 1.82) is 0 Å². The summed E-state index contributed by atoms with van der Waals surface area (Å²) in [6.07, 6.45) is 4.29. The summed E-state index contributed by atoms with van der Waals surface area (Å²) in [5.41, 5.74) is 0. The Morgan fingerprint density at radius 3 is 1.93 bits per heavy atom. The maximum Gasteiger partial charge on any atom is 0.697 e. The molecule has 0 saturated heterocycles. The van der Waals surface area contributed by atoms with Crippen molar-refractivity contribution in [2.45, 2.75) is 58.2 Å². The minimum Gasteiger partial charge on any atom is -0.362 e. The molecule has 0 aromatic heterocycles. The molecule has 0 aromatic carbocycles. The Bertz CT molecular complexity index is 164. The first-order valence-corrected chi connectivity index (χ1v) is 6.24. The predicted molar refractivity (Wildman–Crippen MR) is 54.9 cm³/mol. The molecule has 1 unspecified atom stereocenters. The lowest BCUT2D eigenvalue weighted by molar-refractivity contribution is -0.150. The molecule has 0 amide bonds. The fraction of sp³-hybridized carbons (Fsp3) is 1.00. The van der Waals surface area contributed by atoms with Crippen LogP contribution in [0.2, 0.25) is 0 Å². The van der Waals surface area contributed by atoms with E-state index in [1.165, 1.54) is 0 Å². The highest BCUT2D eigenvalue weighted by atomic mass is 31.1. The van der Waals surface area contributed by atoms with Crippen molar-refractivity contribution in [1.82, 2.24) is 0 Å². The minimum atomic E-state index is -2.72. The van der Waals surface area contributed by atoms with Gasteiger partial charge in [-0.2, -0.15) is 0 Å². The van der Waals surface area contributed by atoms with Crippen LogP contribution in [0.15, 0.2) is 0 Å². The van der Waals surface area contributed by atoms with Crippen molar-refractivity contribution in [2.75, 3.05) is 0 Å². The lowest BCUT2D eigenvalue weighted by atomic mass is 10.0. The molecule has 14 heavy (non-hydrogen) atoms. The van der Waals surface area contributed by atoms with Crippen molar-refractivity contribution in [3.63, 3.8) is 0 Å². The van der Waals surface area contributed by atoms with E-state index < -0.39 is 14.0 Å². The van der Waals surface area contributed by atoms with Gasteiger partial charge >= 0.3 is 8.25 Å². The first kappa shape index (κ1) is 14.0. The molecule has 2 N–H and O–H groups in total. The van der Waals surface area contributed by atoms with Crippen LogP contribution in [0.3, 0.4) is 0 Å². The minimum absolute atomic E-state index is 0.422. The van der Waals surface area contributed by atoms with E-state index in [0.29, 0.717) is 12.8 Å². The molecule has 1 atom stereocenters. The van der Waals surface area contributed by atoms with Gasteiger partial charge in [-0.3, -0.25) is 0 Å². The van der Waals surface area contributed by atoms with E-state index in [0.717, 1.165) is 25.7 Å². The smallest absolute Gasteiger partial charge is 0.362 e. The van der Waals surface area contributed by atoms with Crippen LogP contribution in [0.1, 0.15) is 52.4 Å². The zero-order valence-electron chi connectivity index (χ0n) is 8.90. The molecule has 0 radical (unpaired) electrons. The van der Waals surface area contributed by atoms with Gasteiger partial charge < -0.3 is 5.11 Å². The number of hydrogen-bond donors (Lipinski definition) is 2. The van der Waals surface area contributed by atoms with E-state index in [4.69, 9.17) is 4.89 Å². The molecule has 5 heteroatoms. The summed E-state index contributed by atoms with van der Waals surface area (Å²) >= 11 is 0. The zero-order chi connectivity index (χ0) is 11.0. The molecule has 0 aromatic rings. The van der Waals surface area contributed by atoms with E-state index in [-0.39, 0.29) is 0 Å². The van der Waals surface area contributed by atoms with Gasteiger partial charge in [0, 0.05) is 17.4 Å². The van der Waals surface area contributed by atoms with Crippen LogP contribution in [0.4, 0.5) is 0 Å². The molecule has 0 heterocycles. The van der Waals surface area contributed by atoms with Crippen molar-refractivity contribution in [2.24, 2.45) is 0 Å². The first-order valence-electron chi connectivity index (χ1n) is 5.11. The molecule has 84 valence electrons. The van der Waals surface area contributed by atoms with E-state index in [9.17, 15) is 9.67 Å². The highest BCUT2D eigenvalue weighted by Gasteiger charge is 2.36. The summed E-state index contributed by atoms with van der Waals surface area (Å²) in [7, 11) is -2.72. The highest BCUT2D eigenvalue weighted by molar-refractivity contribution is 7.32. The second-order valence-corrected chi connectivity index (χ2v) is 4.14. The lowest BCUT2D eigenvalue weighted by Crippen LogP contribution is -2.29. The summed E-state index contributed by atoms with van der Waals surface area (Å²) in [6.45, 7) is 4.00. The molecule has 0 saturated carbocycles. The fourth-order valence-corrected chi connectivity index (χ4v) is 1.74. The Kier molecular flexibility index (Phi) is 7.28. The summed E-state index contributed by atoms with van der Waals surface area (Å²) in [4.78, 5) is 8.61. The van der Waals surface area contributed by atoms with E-state index in [1.807, 2.05) is 13.8 Å². The Hall–Kier alpha value is -0.0200. The van der Waals surface area contributed by atoms with Crippen LogP contribution < -0.4 is 0 Å². The molecule has 4 nitrogen and oxygen atoms in total. The summed E-state index contributed by atoms with van der Waals surface area (Å²) in [5, 5.41) is 9.88. The van der Waals surface area contributed by atoms with Gasteiger partial charge in [0.2, 0.25) is 5.79 Å². The molecule has 0 aliphatic carbocycles. The third kappa shape index (κ3) is 6.44. The standard InChI is InChI=1S/C9H19O4P/c1-3-5-7-9(10,8-6-4-2)13-14(11)12/h10H,3-8H2,1-2H3/p+1. The van der Waals surface area contributed by atoms with Gasteiger partial charge in [0.1, 0.15) is 0 Å². The number of aliphatic hydroxyl groups is 1. The van der Waals surface area contributed by atoms with Crippen LogP contribution >= 0.6 is 8.25 Å². The second kappa shape index (κ2) is 7.30. The van der Waals surface area contributed by atoms with E-state index >= 15 is 0 Å². The van der Waals surface area contributed by atoms with E-state index in [1.54, 1.807) is 0 Å². The molecule has 0 spiro atoms. The monoisotopic (exact) mass is 223 g/mol. The van der Waals surface area contributed by atoms with Crippen molar-refractivity contribution in [3.8, 4) is 0 Å². The number of unbranched alkanes of at least 4 members (excludes halogenated alkanes) is 2. The predicted octanol–water partition coefficient (Wildman–Crippen LogP) is 2.72. The molecule has 0 aliphatic heterocycles. The van der Waals surface area contributed by atoms with Gasteiger partial charge in [0.05, 0.1) is 0 Å². The van der Waals surface area contributed by atoms with Gasteiger partial charge in [-0.25, -0.2) is 0 Å². The third-order valence-electron chi connectivity index (χ3n) is 2.09. The van der Waals surface area contributed by atoms with Crippen LogP contribution in [-0.4, -0.2) is 15.8 Å². The van der Waals surface area contributed by atoms with Gasteiger partial charge in [-0.15, -0.1) is 4.89 Å². The van der Waals surface area contributed by atoms with Crippen molar-refractivity contribution < 1.29 is 19.1 Å². The summed E-state index contributed by atoms with van der Waals surface area (Å²) < 4.78 is 15.2. The first-order chi connectivity index (χ1) is 6.54. The van der Waals surface area contributed by atoms with Crippen LogP contribution in [0.5, 0.6) is 0 Å². The maximum absolute atomic E-state index is 10.5. The third-order valence-corrected chi connectivity index (χ3v) is 2.59.